The van der Waals surface area contributed by atoms with Gasteiger partial charge >= 0.3 is 0 Å². The van der Waals surface area contributed by atoms with Crippen molar-refractivity contribution < 1.29 is 8.42 Å². The first-order valence-corrected chi connectivity index (χ1v) is 7.62. The second-order valence-corrected chi connectivity index (χ2v) is 7.67. The zero-order valence-electron chi connectivity index (χ0n) is 10.5. The quantitative estimate of drug-likeness (QED) is 0.779. The third-order valence-electron chi connectivity index (χ3n) is 2.67. The second kappa shape index (κ2) is 5.47. The molecule has 1 heterocycles. The van der Waals surface area contributed by atoms with Gasteiger partial charge in [-0.1, -0.05) is 20.8 Å². The van der Waals surface area contributed by atoms with E-state index in [1.54, 1.807) is 0 Å². The molecule has 16 heavy (non-hydrogen) atoms. The summed E-state index contributed by atoms with van der Waals surface area (Å²) in [6, 6.07) is 0. The lowest BCUT2D eigenvalue weighted by atomic mass is 9.99. The monoisotopic (exact) mass is 248 g/mol. The Morgan fingerprint density at radius 3 is 2.31 bits per heavy atom. The molecule has 0 aromatic rings. The molecule has 1 aliphatic rings. The highest BCUT2D eigenvalue weighted by atomic mass is 32.2. The maximum absolute atomic E-state index is 11.8. The third kappa shape index (κ3) is 5.82. The van der Waals surface area contributed by atoms with Crippen LogP contribution >= 0.6 is 0 Å². The summed E-state index contributed by atoms with van der Waals surface area (Å²) < 4.78 is 26.3. The minimum absolute atomic E-state index is 0.181. The molecule has 0 aliphatic carbocycles. The Morgan fingerprint density at radius 2 is 1.81 bits per heavy atom. The zero-order chi connectivity index (χ0) is 12.2. The minimum Gasteiger partial charge on any atom is -0.317 e. The molecule has 1 rings (SSSR count). The molecule has 0 radical (unpaired) electrons. The smallest absolute Gasteiger partial charge is 0.212 e. The SMILES string of the molecule is CC(C)(C)CS(=O)(=O)NCC1CCNCC1. The molecule has 0 aromatic carbocycles. The number of hydrogen-bond donors (Lipinski definition) is 2. The van der Waals surface area contributed by atoms with Gasteiger partial charge in [-0.15, -0.1) is 0 Å². The van der Waals surface area contributed by atoms with Crippen LogP contribution in [0.15, 0.2) is 0 Å². The van der Waals surface area contributed by atoms with Gasteiger partial charge in [0.2, 0.25) is 10.0 Å². The molecule has 0 atom stereocenters. The summed E-state index contributed by atoms with van der Waals surface area (Å²) in [7, 11) is -3.11. The number of hydrogen-bond acceptors (Lipinski definition) is 3. The molecular formula is C11H24N2O2S. The van der Waals surface area contributed by atoms with Crippen molar-refractivity contribution >= 4 is 10.0 Å². The third-order valence-corrected chi connectivity index (χ3v) is 4.53. The van der Waals surface area contributed by atoms with Gasteiger partial charge in [0.1, 0.15) is 0 Å². The van der Waals surface area contributed by atoms with Crippen LogP contribution in [0.5, 0.6) is 0 Å². The summed E-state index contributed by atoms with van der Waals surface area (Å²) in [5.41, 5.74) is -0.181. The van der Waals surface area contributed by atoms with Crippen LogP contribution in [0.25, 0.3) is 0 Å². The van der Waals surface area contributed by atoms with Crippen LogP contribution in [-0.2, 0) is 10.0 Å². The Kier molecular flexibility index (Phi) is 4.76. The Labute approximate surface area is 99.2 Å². The van der Waals surface area contributed by atoms with E-state index >= 15 is 0 Å². The molecule has 96 valence electrons. The van der Waals surface area contributed by atoms with Gasteiger partial charge < -0.3 is 5.32 Å². The van der Waals surface area contributed by atoms with Gasteiger partial charge in [-0.25, -0.2) is 13.1 Å². The summed E-state index contributed by atoms with van der Waals surface area (Å²) in [5.74, 6) is 0.696. The average Bonchev–Trinajstić information content (AvgIpc) is 2.13. The molecule has 4 nitrogen and oxygen atoms in total. The first kappa shape index (κ1) is 13.9. The highest BCUT2D eigenvalue weighted by Crippen LogP contribution is 2.16. The Balaban J connectivity index is 2.35. The molecular weight excluding hydrogens is 224 g/mol. The first-order chi connectivity index (χ1) is 7.29. The number of rotatable bonds is 4. The largest absolute Gasteiger partial charge is 0.317 e. The topological polar surface area (TPSA) is 58.2 Å². The van der Waals surface area contributed by atoms with E-state index in [1.165, 1.54) is 0 Å². The van der Waals surface area contributed by atoms with Crippen LogP contribution in [0, 0.1) is 11.3 Å². The molecule has 1 fully saturated rings. The number of sulfonamides is 1. The number of nitrogens with one attached hydrogen (secondary N) is 2. The van der Waals surface area contributed by atoms with Crippen molar-refractivity contribution in [2.45, 2.75) is 33.6 Å². The van der Waals surface area contributed by atoms with E-state index in [0.717, 1.165) is 25.9 Å². The highest BCUT2D eigenvalue weighted by Gasteiger charge is 2.22. The van der Waals surface area contributed by atoms with E-state index in [0.29, 0.717) is 12.5 Å². The summed E-state index contributed by atoms with van der Waals surface area (Å²) in [6.07, 6.45) is 2.13. The summed E-state index contributed by atoms with van der Waals surface area (Å²) in [5, 5.41) is 3.27. The van der Waals surface area contributed by atoms with Gasteiger partial charge in [0.15, 0.2) is 0 Å². The van der Waals surface area contributed by atoms with Crippen LogP contribution in [0.2, 0.25) is 0 Å². The van der Waals surface area contributed by atoms with E-state index in [1.807, 2.05) is 20.8 Å². The first-order valence-electron chi connectivity index (χ1n) is 5.97. The van der Waals surface area contributed by atoms with E-state index in [2.05, 4.69) is 10.0 Å². The molecule has 0 amide bonds. The fourth-order valence-corrected chi connectivity index (χ4v) is 3.68. The van der Waals surface area contributed by atoms with E-state index < -0.39 is 10.0 Å². The molecule has 0 bridgehead atoms. The fraction of sp³-hybridized carbons (Fsp3) is 1.00. The summed E-state index contributed by atoms with van der Waals surface area (Å²) >= 11 is 0. The number of piperidine rings is 1. The van der Waals surface area contributed by atoms with Crippen LogP contribution < -0.4 is 10.0 Å². The van der Waals surface area contributed by atoms with Crippen molar-refractivity contribution in [3.63, 3.8) is 0 Å². The predicted molar refractivity (Wildman–Crippen MR) is 66.8 cm³/mol. The lowest BCUT2D eigenvalue weighted by Gasteiger charge is -2.24. The normalized spacial score (nSPS) is 19.9. The summed E-state index contributed by atoms with van der Waals surface area (Å²) in [4.78, 5) is 0. The highest BCUT2D eigenvalue weighted by molar-refractivity contribution is 7.89. The van der Waals surface area contributed by atoms with Crippen molar-refractivity contribution in [1.82, 2.24) is 10.0 Å². The summed E-state index contributed by atoms with van der Waals surface area (Å²) in [6.45, 7) is 8.43. The van der Waals surface area contributed by atoms with Crippen molar-refractivity contribution in [3.05, 3.63) is 0 Å². The van der Waals surface area contributed by atoms with Crippen molar-refractivity contribution in [3.8, 4) is 0 Å². The lowest BCUT2D eigenvalue weighted by Crippen LogP contribution is -2.38. The van der Waals surface area contributed by atoms with Gasteiger partial charge in [0, 0.05) is 6.54 Å². The van der Waals surface area contributed by atoms with Crippen molar-refractivity contribution in [1.29, 1.82) is 0 Å². The van der Waals surface area contributed by atoms with Gasteiger partial charge in [-0.05, 0) is 37.3 Å². The minimum atomic E-state index is -3.11. The van der Waals surface area contributed by atoms with Crippen LogP contribution in [-0.4, -0.2) is 33.8 Å². The van der Waals surface area contributed by atoms with Crippen molar-refractivity contribution in [2.24, 2.45) is 11.3 Å². The molecule has 1 saturated heterocycles. The molecule has 5 heteroatoms. The van der Waals surface area contributed by atoms with Gasteiger partial charge in [0.25, 0.3) is 0 Å². The maximum Gasteiger partial charge on any atom is 0.212 e. The second-order valence-electron chi connectivity index (χ2n) is 5.86. The van der Waals surface area contributed by atoms with E-state index in [4.69, 9.17) is 0 Å². The Morgan fingerprint density at radius 1 is 1.25 bits per heavy atom. The lowest BCUT2D eigenvalue weighted by molar-refractivity contribution is 0.371. The molecule has 1 aliphatic heterocycles. The van der Waals surface area contributed by atoms with Crippen LogP contribution in [0.4, 0.5) is 0 Å². The molecule has 0 unspecified atom stereocenters. The van der Waals surface area contributed by atoms with Gasteiger partial charge in [-0.3, -0.25) is 0 Å². The zero-order valence-corrected chi connectivity index (χ0v) is 11.4. The van der Waals surface area contributed by atoms with E-state index in [9.17, 15) is 8.42 Å². The van der Waals surface area contributed by atoms with Crippen LogP contribution in [0.3, 0.4) is 0 Å². The standard InChI is InChI=1S/C11H24N2O2S/c1-11(2,3)9-16(14,15)13-8-10-4-6-12-7-5-10/h10,12-13H,4-9H2,1-3H3. The fourth-order valence-electron chi connectivity index (χ4n) is 1.95. The predicted octanol–water partition coefficient (Wildman–Crippen LogP) is 0.952. The molecule has 2 N–H and O–H groups in total. The van der Waals surface area contributed by atoms with Crippen molar-refractivity contribution in [2.75, 3.05) is 25.4 Å². The Hall–Kier alpha value is -0.130. The van der Waals surface area contributed by atoms with E-state index in [-0.39, 0.29) is 11.2 Å². The van der Waals surface area contributed by atoms with Gasteiger partial charge in [0.05, 0.1) is 5.75 Å². The maximum atomic E-state index is 11.8. The van der Waals surface area contributed by atoms with Crippen LogP contribution in [0.1, 0.15) is 33.6 Å². The van der Waals surface area contributed by atoms with Gasteiger partial charge in [-0.2, -0.15) is 0 Å². The molecule has 0 spiro atoms. The molecule has 0 aromatic heterocycles. The average molecular weight is 248 g/mol. The Bertz CT molecular complexity index is 300. The molecule has 0 saturated carbocycles.